The number of sulfonamides is 1. The van der Waals surface area contributed by atoms with Crippen LogP contribution in [0.25, 0.3) is 0 Å². The Hall–Kier alpha value is -1.44. The van der Waals surface area contributed by atoms with Crippen molar-refractivity contribution in [1.29, 1.82) is 0 Å². The third kappa shape index (κ3) is 3.73. The standard InChI is InChI=1S/C16H24N2O4S/c1-12(2)17(4)16(19)14-6-5-13(3)15(11-14)23(20,21)18-7-9-22-10-8-18/h5-6,11-12H,7-10H2,1-4H3. The summed E-state index contributed by atoms with van der Waals surface area (Å²) < 4.78 is 32.3. The lowest BCUT2D eigenvalue weighted by atomic mass is 10.1. The molecule has 0 radical (unpaired) electrons. The topological polar surface area (TPSA) is 66.9 Å². The van der Waals surface area contributed by atoms with E-state index in [0.717, 1.165) is 0 Å². The molecule has 1 aliphatic rings. The lowest BCUT2D eigenvalue weighted by Crippen LogP contribution is -2.41. The van der Waals surface area contributed by atoms with Gasteiger partial charge in [0.1, 0.15) is 0 Å². The highest BCUT2D eigenvalue weighted by Crippen LogP contribution is 2.23. The smallest absolute Gasteiger partial charge is 0.253 e. The summed E-state index contributed by atoms with van der Waals surface area (Å²) in [5, 5.41) is 0. The molecule has 0 N–H and O–H groups in total. The fourth-order valence-corrected chi connectivity index (χ4v) is 4.03. The van der Waals surface area contributed by atoms with Crippen molar-refractivity contribution in [2.45, 2.75) is 31.7 Å². The summed E-state index contributed by atoms with van der Waals surface area (Å²) >= 11 is 0. The number of hydrogen-bond acceptors (Lipinski definition) is 4. The molecule has 6 nitrogen and oxygen atoms in total. The van der Waals surface area contributed by atoms with Crippen LogP contribution in [0.1, 0.15) is 29.8 Å². The van der Waals surface area contributed by atoms with Gasteiger partial charge in [0.2, 0.25) is 10.0 Å². The SMILES string of the molecule is Cc1ccc(C(=O)N(C)C(C)C)cc1S(=O)(=O)N1CCOCC1. The Labute approximate surface area is 138 Å². The van der Waals surface area contributed by atoms with Gasteiger partial charge in [-0.1, -0.05) is 6.07 Å². The zero-order valence-electron chi connectivity index (χ0n) is 14.1. The van der Waals surface area contributed by atoms with Crippen LogP contribution in [0.2, 0.25) is 0 Å². The zero-order valence-corrected chi connectivity index (χ0v) is 14.9. The molecule has 1 aliphatic heterocycles. The number of ether oxygens (including phenoxy) is 1. The van der Waals surface area contributed by atoms with Gasteiger partial charge in [-0.15, -0.1) is 0 Å². The predicted molar refractivity (Wildman–Crippen MR) is 88.0 cm³/mol. The van der Waals surface area contributed by atoms with Crippen molar-refractivity contribution in [3.8, 4) is 0 Å². The highest BCUT2D eigenvalue weighted by atomic mass is 32.2. The number of hydrogen-bond donors (Lipinski definition) is 0. The van der Waals surface area contributed by atoms with E-state index in [-0.39, 0.29) is 16.8 Å². The molecule has 128 valence electrons. The molecule has 1 saturated heterocycles. The maximum atomic E-state index is 12.8. The normalized spacial score (nSPS) is 16.6. The Morgan fingerprint density at radius 3 is 2.43 bits per heavy atom. The maximum Gasteiger partial charge on any atom is 0.253 e. The van der Waals surface area contributed by atoms with Crippen LogP contribution in [0.4, 0.5) is 0 Å². The summed E-state index contributed by atoms with van der Waals surface area (Å²) in [6.45, 7) is 7.04. The molecule has 2 rings (SSSR count). The summed E-state index contributed by atoms with van der Waals surface area (Å²) in [5.74, 6) is -0.182. The van der Waals surface area contributed by atoms with E-state index in [1.165, 1.54) is 10.4 Å². The Kier molecular flexibility index (Phi) is 5.44. The van der Waals surface area contributed by atoms with E-state index in [0.29, 0.717) is 37.4 Å². The molecule has 1 aromatic rings. The van der Waals surface area contributed by atoms with Crippen LogP contribution in [0, 0.1) is 6.92 Å². The van der Waals surface area contributed by atoms with E-state index in [2.05, 4.69) is 0 Å². The van der Waals surface area contributed by atoms with E-state index in [4.69, 9.17) is 4.74 Å². The fraction of sp³-hybridized carbons (Fsp3) is 0.562. The third-order valence-corrected chi connectivity index (χ3v) is 6.16. The predicted octanol–water partition coefficient (Wildman–Crippen LogP) is 1.50. The summed E-state index contributed by atoms with van der Waals surface area (Å²) in [7, 11) is -1.90. The molecular weight excluding hydrogens is 316 g/mol. The third-order valence-electron chi connectivity index (χ3n) is 4.12. The number of benzene rings is 1. The minimum absolute atomic E-state index is 0.0445. The van der Waals surface area contributed by atoms with E-state index in [9.17, 15) is 13.2 Å². The first kappa shape index (κ1) is 17.9. The van der Waals surface area contributed by atoms with Gasteiger partial charge in [-0.3, -0.25) is 4.79 Å². The number of carbonyl (C=O) groups excluding carboxylic acids is 1. The second kappa shape index (κ2) is 6.98. The van der Waals surface area contributed by atoms with E-state index in [1.54, 1.807) is 31.0 Å². The second-order valence-corrected chi connectivity index (χ2v) is 7.91. The van der Waals surface area contributed by atoms with E-state index >= 15 is 0 Å². The van der Waals surface area contributed by atoms with Crippen molar-refractivity contribution < 1.29 is 17.9 Å². The van der Waals surface area contributed by atoms with Crippen LogP contribution in [0.3, 0.4) is 0 Å². The molecule has 1 fully saturated rings. The fourth-order valence-electron chi connectivity index (χ4n) is 2.38. The molecule has 0 aliphatic carbocycles. The van der Waals surface area contributed by atoms with Gasteiger partial charge >= 0.3 is 0 Å². The van der Waals surface area contributed by atoms with Gasteiger partial charge < -0.3 is 9.64 Å². The first-order valence-corrected chi connectivity index (χ1v) is 9.15. The van der Waals surface area contributed by atoms with E-state index in [1.807, 2.05) is 13.8 Å². The van der Waals surface area contributed by atoms with Crippen molar-refractivity contribution in [3.05, 3.63) is 29.3 Å². The molecule has 0 spiro atoms. The lowest BCUT2D eigenvalue weighted by molar-refractivity contribution is 0.0729. The largest absolute Gasteiger partial charge is 0.379 e. The number of amides is 1. The Morgan fingerprint density at radius 1 is 1.26 bits per heavy atom. The van der Waals surface area contributed by atoms with Crippen molar-refractivity contribution in [3.63, 3.8) is 0 Å². The van der Waals surface area contributed by atoms with Gasteiger partial charge in [-0.2, -0.15) is 4.31 Å². The molecule has 0 aromatic heterocycles. The number of aryl methyl sites for hydroxylation is 1. The Balaban J connectivity index is 2.39. The average Bonchev–Trinajstić information content (AvgIpc) is 2.54. The number of morpholine rings is 1. The molecule has 7 heteroatoms. The van der Waals surface area contributed by atoms with Crippen molar-refractivity contribution in [2.75, 3.05) is 33.4 Å². The average molecular weight is 340 g/mol. The molecule has 23 heavy (non-hydrogen) atoms. The van der Waals surface area contributed by atoms with Gasteiger partial charge in [0, 0.05) is 31.7 Å². The van der Waals surface area contributed by atoms with Crippen LogP contribution < -0.4 is 0 Å². The first-order valence-electron chi connectivity index (χ1n) is 7.71. The van der Waals surface area contributed by atoms with Crippen LogP contribution in [0.15, 0.2) is 23.1 Å². The minimum atomic E-state index is -3.61. The molecular formula is C16H24N2O4S. The van der Waals surface area contributed by atoms with Gasteiger partial charge in [-0.25, -0.2) is 8.42 Å². The first-order chi connectivity index (χ1) is 10.7. The minimum Gasteiger partial charge on any atom is -0.379 e. The summed E-state index contributed by atoms with van der Waals surface area (Å²) in [6.07, 6.45) is 0. The zero-order chi connectivity index (χ0) is 17.2. The number of nitrogens with zero attached hydrogens (tertiary/aromatic N) is 2. The second-order valence-electron chi connectivity index (χ2n) is 6.01. The van der Waals surface area contributed by atoms with Crippen molar-refractivity contribution in [2.24, 2.45) is 0 Å². The van der Waals surface area contributed by atoms with Crippen molar-refractivity contribution in [1.82, 2.24) is 9.21 Å². The summed E-state index contributed by atoms with van der Waals surface area (Å²) in [4.78, 5) is 14.2. The van der Waals surface area contributed by atoms with Gasteiger partial charge in [0.05, 0.1) is 18.1 Å². The van der Waals surface area contributed by atoms with Crippen LogP contribution in [0.5, 0.6) is 0 Å². The highest BCUT2D eigenvalue weighted by molar-refractivity contribution is 7.89. The molecule has 1 amide bonds. The summed E-state index contributed by atoms with van der Waals surface area (Å²) in [6, 6.07) is 4.90. The molecule has 0 saturated carbocycles. The van der Waals surface area contributed by atoms with Gasteiger partial charge in [0.25, 0.3) is 5.91 Å². The van der Waals surface area contributed by atoms with E-state index < -0.39 is 10.0 Å². The quantitative estimate of drug-likeness (QED) is 0.833. The number of rotatable bonds is 4. The Morgan fingerprint density at radius 2 is 1.87 bits per heavy atom. The summed E-state index contributed by atoms with van der Waals surface area (Å²) in [5.41, 5.74) is 1.03. The van der Waals surface area contributed by atoms with Crippen LogP contribution in [-0.4, -0.2) is 62.9 Å². The molecule has 1 heterocycles. The van der Waals surface area contributed by atoms with Crippen LogP contribution >= 0.6 is 0 Å². The molecule has 0 bridgehead atoms. The highest BCUT2D eigenvalue weighted by Gasteiger charge is 2.28. The maximum absolute atomic E-state index is 12.8. The van der Waals surface area contributed by atoms with Crippen molar-refractivity contribution >= 4 is 15.9 Å². The van der Waals surface area contributed by atoms with Crippen LogP contribution in [-0.2, 0) is 14.8 Å². The number of carbonyl (C=O) groups is 1. The monoisotopic (exact) mass is 340 g/mol. The lowest BCUT2D eigenvalue weighted by Gasteiger charge is -2.27. The Bertz CT molecular complexity index is 679. The van der Waals surface area contributed by atoms with Gasteiger partial charge in [0.15, 0.2) is 0 Å². The molecule has 0 unspecified atom stereocenters. The van der Waals surface area contributed by atoms with Gasteiger partial charge in [-0.05, 0) is 38.5 Å². The molecule has 0 atom stereocenters. The molecule has 1 aromatic carbocycles.